The fraction of sp³-hybridized carbons (Fsp3) is 0.154. The maximum Gasteiger partial charge on any atom is 0.261 e. The molecule has 0 unspecified atom stereocenters. The van der Waals surface area contributed by atoms with Crippen molar-refractivity contribution in [2.45, 2.75) is 24.2 Å². The van der Waals surface area contributed by atoms with Crippen molar-refractivity contribution < 1.29 is 9.59 Å². The summed E-state index contributed by atoms with van der Waals surface area (Å²) in [4.78, 5) is 29.0. The number of aryl methyl sites for hydroxylation is 1. The van der Waals surface area contributed by atoms with E-state index in [0.29, 0.717) is 24.1 Å². The van der Waals surface area contributed by atoms with E-state index >= 15 is 0 Å². The largest absolute Gasteiger partial charge is 0.274 e. The first-order valence-electron chi connectivity index (χ1n) is 10.1. The molecule has 3 aromatic carbocycles. The first-order valence-corrected chi connectivity index (χ1v) is 10.9. The van der Waals surface area contributed by atoms with Crippen molar-refractivity contribution in [3.05, 3.63) is 113 Å². The van der Waals surface area contributed by atoms with Crippen LogP contribution >= 0.6 is 11.8 Å². The topological polar surface area (TPSA) is 37.4 Å². The van der Waals surface area contributed by atoms with Gasteiger partial charge in [0.1, 0.15) is 0 Å². The first-order chi connectivity index (χ1) is 14.7. The molecule has 1 aliphatic rings. The van der Waals surface area contributed by atoms with Gasteiger partial charge in [-0.15, -0.1) is 0 Å². The van der Waals surface area contributed by atoms with Crippen LogP contribution in [-0.4, -0.2) is 23.3 Å². The number of rotatable bonds is 8. The molecule has 0 atom stereocenters. The monoisotopic (exact) mass is 413 g/mol. The summed E-state index contributed by atoms with van der Waals surface area (Å²) in [5.74, 6) is -0.382. The van der Waals surface area contributed by atoms with E-state index in [2.05, 4.69) is 42.5 Å². The SMILES string of the molecule is O=C1c2ccccc2C(=O)N1CCC(=CCCc1ccccc1)Sc1ccccc1. The summed E-state index contributed by atoms with van der Waals surface area (Å²) in [7, 11) is 0. The number of fused-ring (bicyclic) bond motifs is 1. The van der Waals surface area contributed by atoms with Crippen LogP contribution in [0.3, 0.4) is 0 Å². The summed E-state index contributed by atoms with van der Waals surface area (Å²) in [6, 6.07) is 27.7. The highest BCUT2D eigenvalue weighted by atomic mass is 32.2. The molecule has 0 saturated heterocycles. The molecule has 30 heavy (non-hydrogen) atoms. The molecule has 0 aromatic heterocycles. The van der Waals surface area contributed by atoms with Crippen molar-refractivity contribution >= 4 is 23.6 Å². The number of hydrogen-bond acceptors (Lipinski definition) is 3. The van der Waals surface area contributed by atoms with Gasteiger partial charge in [0.15, 0.2) is 0 Å². The average molecular weight is 414 g/mol. The highest BCUT2D eigenvalue weighted by Crippen LogP contribution is 2.31. The summed E-state index contributed by atoms with van der Waals surface area (Å²) < 4.78 is 0. The van der Waals surface area contributed by atoms with Crippen molar-refractivity contribution in [1.29, 1.82) is 0 Å². The van der Waals surface area contributed by atoms with Crippen LogP contribution in [0, 0.1) is 0 Å². The molecule has 0 N–H and O–H groups in total. The first kappa shape index (κ1) is 20.2. The van der Waals surface area contributed by atoms with E-state index in [1.54, 1.807) is 36.0 Å². The molecule has 3 aromatic rings. The van der Waals surface area contributed by atoms with Gasteiger partial charge < -0.3 is 0 Å². The van der Waals surface area contributed by atoms with Crippen molar-refractivity contribution in [3.8, 4) is 0 Å². The smallest absolute Gasteiger partial charge is 0.261 e. The highest BCUT2D eigenvalue weighted by Gasteiger charge is 2.34. The quantitative estimate of drug-likeness (QED) is 0.337. The van der Waals surface area contributed by atoms with Crippen LogP contribution in [0.4, 0.5) is 0 Å². The van der Waals surface area contributed by atoms with E-state index in [1.807, 2.05) is 24.3 Å². The van der Waals surface area contributed by atoms with Gasteiger partial charge in [0, 0.05) is 11.4 Å². The Balaban J connectivity index is 1.45. The predicted molar refractivity (Wildman–Crippen MR) is 122 cm³/mol. The number of hydrogen-bond donors (Lipinski definition) is 0. The summed E-state index contributed by atoms with van der Waals surface area (Å²) >= 11 is 1.71. The molecular formula is C26H23NO2S. The van der Waals surface area contributed by atoms with Gasteiger partial charge in [0.05, 0.1) is 11.1 Å². The molecule has 0 spiro atoms. The Hall–Kier alpha value is -3.11. The van der Waals surface area contributed by atoms with Crippen LogP contribution in [-0.2, 0) is 6.42 Å². The Kier molecular flexibility index (Phi) is 6.45. The molecular weight excluding hydrogens is 390 g/mol. The second-order valence-corrected chi connectivity index (χ2v) is 8.37. The van der Waals surface area contributed by atoms with Gasteiger partial charge in [-0.1, -0.05) is 78.5 Å². The van der Waals surface area contributed by atoms with E-state index in [9.17, 15) is 9.59 Å². The maximum atomic E-state index is 12.7. The van der Waals surface area contributed by atoms with Gasteiger partial charge in [-0.25, -0.2) is 0 Å². The minimum absolute atomic E-state index is 0.191. The molecule has 0 bridgehead atoms. The normalized spacial score (nSPS) is 13.6. The van der Waals surface area contributed by atoms with E-state index < -0.39 is 0 Å². The summed E-state index contributed by atoms with van der Waals surface area (Å²) in [5, 5.41) is 0. The van der Waals surface area contributed by atoms with Crippen molar-refractivity contribution in [1.82, 2.24) is 4.90 Å². The van der Waals surface area contributed by atoms with Crippen LogP contribution in [0.25, 0.3) is 0 Å². The lowest BCUT2D eigenvalue weighted by Crippen LogP contribution is -2.30. The Morgan fingerprint density at radius 1 is 0.767 bits per heavy atom. The van der Waals surface area contributed by atoms with Crippen LogP contribution in [0.15, 0.2) is 101 Å². The predicted octanol–water partition coefficient (Wildman–Crippen LogP) is 5.98. The van der Waals surface area contributed by atoms with E-state index in [4.69, 9.17) is 0 Å². The molecule has 1 aliphatic heterocycles. The summed E-state index contributed by atoms with van der Waals surface area (Å²) in [6.45, 7) is 0.392. The zero-order valence-corrected chi connectivity index (χ0v) is 17.5. The van der Waals surface area contributed by atoms with E-state index in [1.165, 1.54) is 15.4 Å². The molecule has 0 fully saturated rings. The maximum absolute atomic E-state index is 12.7. The van der Waals surface area contributed by atoms with Gasteiger partial charge in [0.25, 0.3) is 11.8 Å². The lowest BCUT2D eigenvalue weighted by atomic mass is 10.1. The van der Waals surface area contributed by atoms with Gasteiger partial charge in [-0.05, 0) is 54.0 Å². The number of benzene rings is 3. The van der Waals surface area contributed by atoms with Gasteiger partial charge in [-0.3, -0.25) is 14.5 Å². The third-order valence-corrected chi connectivity index (χ3v) is 6.24. The standard InChI is InChI=1S/C26H23NO2S/c28-25-23-16-7-8-17-24(23)26(29)27(25)19-18-22(30-21-13-5-2-6-14-21)15-9-12-20-10-3-1-4-11-20/h1-8,10-11,13-17H,9,12,18-19H2. The van der Waals surface area contributed by atoms with Crippen LogP contribution in [0.2, 0.25) is 0 Å². The Morgan fingerprint density at radius 3 is 1.97 bits per heavy atom. The van der Waals surface area contributed by atoms with E-state index in [-0.39, 0.29) is 11.8 Å². The van der Waals surface area contributed by atoms with Crippen molar-refractivity contribution in [2.75, 3.05) is 6.54 Å². The fourth-order valence-corrected chi connectivity index (χ4v) is 4.53. The van der Waals surface area contributed by atoms with Gasteiger partial charge in [0.2, 0.25) is 0 Å². The second kappa shape index (κ2) is 9.59. The van der Waals surface area contributed by atoms with Crippen LogP contribution < -0.4 is 0 Å². The van der Waals surface area contributed by atoms with Crippen molar-refractivity contribution in [3.63, 3.8) is 0 Å². The number of nitrogens with zero attached hydrogens (tertiary/aromatic N) is 1. The average Bonchev–Trinajstić information content (AvgIpc) is 3.03. The molecule has 150 valence electrons. The molecule has 1 heterocycles. The molecule has 4 heteroatoms. The fourth-order valence-electron chi connectivity index (χ4n) is 3.54. The molecule has 0 aliphatic carbocycles. The number of allylic oxidation sites excluding steroid dienone is 1. The number of carbonyl (C=O) groups is 2. The molecule has 4 rings (SSSR count). The molecule has 0 saturated carbocycles. The number of imide groups is 1. The lowest BCUT2D eigenvalue weighted by Gasteiger charge is -2.15. The van der Waals surface area contributed by atoms with Crippen LogP contribution in [0.5, 0.6) is 0 Å². The van der Waals surface area contributed by atoms with E-state index in [0.717, 1.165) is 17.7 Å². The lowest BCUT2D eigenvalue weighted by molar-refractivity contribution is 0.0656. The summed E-state index contributed by atoms with van der Waals surface area (Å²) in [5.41, 5.74) is 2.32. The molecule has 3 nitrogen and oxygen atoms in total. The number of carbonyl (C=O) groups excluding carboxylic acids is 2. The van der Waals surface area contributed by atoms with Gasteiger partial charge >= 0.3 is 0 Å². The minimum atomic E-state index is -0.191. The zero-order valence-electron chi connectivity index (χ0n) is 16.7. The minimum Gasteiger partial charge on any atom is -0.274 e. The second-order valence-electron chi connectivity index (χ2n) is 7.17. The van der Waals surface area contributed by atoms with Crippen molar-refractivity contribution in [2.24, 2.45) is 0 Å². The van der Waals surface area contributed by atoms with Gasteiger partial charge in [-0.2, -0.15) is 0 Å². The third-order valence-electron chi connectivity index (χ3n) is 5.10. The van der Waals surface area contributed by atoms with Crippen LogP contribution in [0.1, 0.15) is 39.1 Å². The highest BCUT2D eigenvalue weighted by molar-refractivity contribution is 8.03. The third kappa shape index (κ3) is 4.71. The Labute approximate surface area is 181 Å². The Morgan fingerprint density at radius 2 is 1.33 bits per heavy atom. The number of amides is 2. The zero-order chi connectivity index (χ0) is 20.8. The summed E-state index contributed by atoms with van der Waals surface area (Å²) in [6.07, 6.45) is 4.77. The number of thioether (sulfide) groups is 1. The molecule has 2 amide bonds. The molecule has 0 radical (unpaired) electrons. The Bertz CT molecular complexity index is 1030.